The summed E-state index contributed by atoms with van der Waals surface area (Å²) in [4.78, 5) is 0. The van der Waals surface area contributed by atoms with Crippen molar-refractivity contribution in [3.05, 3.63) is 47.5 Å². The molecule has 1 radical (unpaired) electrons. The fraction of sp³-hybridized carbons (Fsp3) is 0.375. The van der Waals surface area contributed by atoms with Crippen molar-refractivity contribution in [1.29, 1.82) is 0 Å². The van der Waals surface area contributed by atoms with Crippen LogP contribution < -0.4 is 0 Å². The van der Waals surface area contributed by atoms with Crippen molar-refractivity contribution in [2.75, 3.05) is 13.2 Å². The number of rotatable bonds is 4. The predicted octanol–water partition coefficient (Wildman–Crippen LogP) is 2.52. The van der Waals surface area contributed by atoms with E-state index < -0.39 is 0 Å². The molecule has 2 aliphatic heterocycles. The average Bonchev–Trinajstić information content (AvgIpc) is 3.27. The number of hydrogen-bond acceptors (Lipinski definition) is 2. The first-order valence-corrected chi connectivity index (χ1v) is 6.54. The zero-order chi connectivity index (χ0) is 11.9. The van der Waals surface area contributed by atoms with E-state index in [-0.39, 0.29) is 0 Å². The molecule has 0 aliphatic carbocycles. The van der Waals surface area contributed by atoms with Gasteiger partial charge in [-0.25, -0.2) is 0 Å². The van der Waals surface area contributed by atoms with Crippen LogP contribution in [0.2, 0.25) is 0 Å². The van der Waals surface area contributed by atoms with Crippen LogP contribution >= 0.6 is 0 Å². The van der Waals surface area contributed by atoms with Crippen LogP contribution in [0.25, 0.3) is 10.8 Å². The van der Waals surface area contributed by atoms with Crippen molar-refractivity contribution in [2.24, 2.45) is 0 Å². The van der Waals surface area contributed by atoms with Crippen molar-refractivity contribution in [1.82, 2.24) is 0 Å². The van der Waals surface area contributed by atoms with Gasteiger partial charge in [0, 0.05) is 12.8 Å². The first-order valence-electron chi connectivity index (χ1n) is 6.54. The van der Waals surface area contributed by atoms with E-state index in [2.05, 4.69) is 36.4 Å². The lowest BCUT2D eigenvalue weighted by Crippen LogP contribution is -1.99. The quantitative estimate of drug-likeness (QED) is 0.766. The van der Waals surface area contributed by atoms with Crippen LogP contribution in [0.5, 0.6) is 0 Å². The third kappa shape index (κ3) is 2.02. The molecule has 0 bridgehead atoms. The molecule has 2 atom stereocenters. The highest BCUT2D eigenvalue weighted by atomic mass is 16.6. The molecule has 4 rings (SSSR count). The minimum atomic E-state index is 0.419. The lowest BCUT2D eigenvalue weighted by Gasteiger charge is -2.09. The Hall–Kier alpha value is -1.38. The van der Waals surface area contributed by atoms with E-state index in [1.807, 2.05) is 0 Å². The lowest BCUT2D eigenvalue weighted by molar-refractivity contribution is 0.407. The molecular weight excluding hydrogens is 224 g/mol. The average molecular weight is 239 g/mol. The molecule has 0 amide bonds. The second kappa shape index (κ2) is 4.08. The zero-order valence-corrected chi connectivity index (χ0v) is 10.2. The van der Waals surface area contributed by atoms with E-state index in [4.69, 9.17) is 9.47 Å². The van der Waals surface area contributed by atoms with Crippen LogP contribution in [-0.4, -0.2) is 25.4 Å². The van der Waals surface area contributed by atoms with Crippen molar-refractivity contribution < 1.29 is 9.47 Å². The summed E-state index contributed by atoms with van der Waals surface area (Å²) in [5.41, 5.74) is 2.64. The van der Waals surface area contributed by atoms with Crippen LogP contribution in [0.3, 0.4) is 0 Å². The topological polar surface area (TPSA) is 25.1 Å². The minimum Gasteiger partial charge on any atom is -0.373 e. The maximum absolute atomic E-state index is 5.33. The molecule has 0 N–H and O–H groups in total. The van der Waals surface area contributed by atoms with E-state index in [9.17, 15) is 0 Å². The molecule has 2 heterocycles. The molecular formula is C16H15O2. The fourth-order valence-electron chi connectivity index (χ4n) is 2.54. The van der Waals surface area contributed by atoms with Crippen LogP contribution in [-0.2, 0) is 22.3 Å². The number of fused-ring (bicyclic) bond motifs is 1. The molecule has 91 valence electrons. The molecule has 2 unspecified atom stereocenters. The Labute approximate surface area is 107 Å². The first-order chi connectivity index (χ1) is 8.90. The Bertz CT molecular complexity index is 530. The summed E-state index contributed by atoms with van der Waals surface area (Å²) >= 11 is 0. The maximum atomic E-state index is 5.33. The van der Waals surface area contributed by atoms with E-state index >= 15 is 0 Å². The van der Waals surface area contributed by atoms with Crippen LogP contribution in [0.1, 0.15) is 11.1 Å². The Kier molecular flexibility index (Phi) is 2.39. The van der Waals surface area contributed by atoms with Gasteiger partial charge in [-0.3, -0.25) is 0 Å². The normalized spacial score (nSPS) is 25.3. The van der Waals surface area contributed by atoms with Crippen LogP contribution in [0.15, 0.2) is 30.3 Å². The van der Waals surface area contributed by atoms with E-state index in [0.717, 1.165) is 26.1 Å². The van der Waals surface area contributed by atoms with Gasteiger partial charge in [0.05, 0.1) is 25.4 Å². The van der Waals surface area contributed by atoms with Gasteiger partial charge in [-0.05, 0) is 28.0 Å². The molecule has 2 fully saturated rings. The summed E-state index contributed by atoms with van der Waals surface area (Å²) in [5.74, 6) is 0. The summed E-state index contributed by atoms with van der Waals surface area (Å²) in [6.07, 6.45) is 2.85. The largest absolute Gasteiger partial charge is 0.373 e. The third-order valence-electron chi connectivity index (χ3n) is 3.70. The summed E-state index contributed by atoms with van der Waals surface area (Å²) in [6, 6.07) is 14.2. The van der Waals surface area contributed by atoms with Gasteiger partial charge in [0.2, 0.25) is 0 Å². The summed E-state index contributed by atoms with van der Waals surface area (Å²) in [5, 5.41) is 2.67. The molecule has 2 aromatic carbocycles. The first kappa shape index (κ1) is 10.5. The van der Waals surface area contributed by atoms with Gasteiger partial charge in [-0.15, -0.1) is 0 Å². The lowest BCUT2D eigenvalue weighted by atomic mass is 9.95. The fourth-order valence-corrected chi connectivity index (χ4v) is 2.54. The summed E-state index contributed by atoms with van der Waals surface area (Å²) in [6.45, 7) is 1.81. The molecule has 2 saturated heterocycles. The van der Waals surface area contributed by atoms with E-state index in [1.54, 1.807) is 0 Å². The Morgan fingerprint density at radius 1 is 1.00 bits per heavy atom. The molecule has 0 aromatic heterocycles. The predicted molar refractivity (Wildman–Crippen MR) is 69.7 cm³/mol. The van der Waals surface area contributed by atoms with Gasteiger partial charge < -0.3 is 9.47 Å². The van der Waals surface area contributed by atoms with Crippen molar-refractivity contribution >= 4 is 10.8 Å². The van der Waals surface area contributed by atoms with Gasteiger partial charge >= 0.3 is 0 Å². The third-order valence-corrected chi connectivity index (χ3v) is 3.70. The molecule has 0 saturated carbocycles. The SMILES string of the molecule is [c]1cc(CC2CO2)c2ccccc2c1CC1CO1. The molecule has 2 heteroatoms. The van der Waals surface area contributed by atoms with Gasteiger partial charge in [-0.2, -0.15) is 0 Å². The van der Waals surface area contributed by atoms with Crippen molar-refractivity contribution in [3.63, 3.8) is 0 Å². The number of ether oxygens (including phenoxy) is 2. The standard InChI is InChI=1S/C16H15O2/c1-2-4-16-12(8-14-10-18-14)6-5-11(15(16)3-1)7-13-9-17-13/h1-5,13-14H,7-10H2. The van der Waals surface area contributed by atoms with Gasteiger partial charge in [0.15, 0.2) is 0 Å². The molecule has 18 heavy (non-hydrogen) atoms. The van der Waals surface area contributed by atoms with Crippen LogP contribution in [0.4, 0.5) is 0 Å². The highest BCUT2D eigenvalue weighted by Gasteiger charge is 2.25. The van der Waals surface area contributed by atoms with Crippen molar-refractivity contribution in [3.8, 4) is 0 Å². The Morgan fingerprint density at radius 3 is 2.39 bits per heavy atom. The van der Waals surface area contributed by atoms with E-state index in [0.29, 0.717) is 12.2 Å². The van der Waals surface area contributed by atoms with E-state index in [1.165, 1.54) is 21.9 Å². The van der Waals surface area contributed by atoms with Crippen LogP contribution in [0, 0.1) is 6.07 Å². The number of benzene rings is 2. The number of hydrogen-bond donors (Lipinski definition) is 0. The van der Waals surface area contributed by atoms with Gasteiger partial charge in [0.25, 0.3) is 0 Å². The zero-order valence-electron chi connectivity index (χ0n) is 10.2. The molecule has 2 aromatic rings. The Balaban J connectivity index is 1.78. The number of epoxide rings is 2. The molecule has 2 nitrogen and oxygen atoms in total. The highest BCUT2D eigenvalue weighted by molar-refractivity contribution is 5.88. The summed E-state index contributed by atoms with van der Waals surface area (Å²) in [7, 11) is 0. The highest BCUT2D eigenvalue weighted by Crippen LogP contribution is 2.28. The molecule has 2 aliphatic rings. The van der Waals surface area contributed by atoms with Gasteiger partial charge in [0.1, 0.15) is 0 Å². The second-order valence-electron chi connectivity index (χ2n) is 5.16. The maximum Gasteiger partial charge on any atom is 0.0850 e. The monoisotopic (exact) mass is 239 g/mol. The second-order valence-corrected chi connectivity index (χ2v) is 5.16. The summed E-state index contributed by atoms with van der Waals surface area (Å²) < 4.78 is 10.7. The smallest absolute Gasteiger partial charge is 0.0850 e. The Morgan fingerprint density at radius 2 is 1.67 bits per heavy atom. The van der Waals surface area contributed by atoms with Gasteiger partial charge in [-0.1, -0.05) is 30.3 Å². The molecule has 0 spiro atoms. The minimum absolute atomic E-state index is 0.419. The van der Waals surface area contributed by atoms with Crippen molar-refractivity contribution in [2.45, 2.75) is 25.0 Å².